The van der Waals surface area contributed by atoms with Crippen molar-refractivity contribution in [2.24, 2.45) is 0 Å². The molecule has 3 N–H and O–H groups in total. The van der Waals surface area contributed by atoms with Gasteiger partial charge < -0.3 is 10.2 Å². The maximum absolute atomic E-state index is 10.8. The second-order valence-electron chi connectivity index (χ2n) is 2.83. The van der Waals surface area contributed by atoms with Gasteiger partial charge in [-0.2, -0.15) is 8.42 Å². The molecule has 0 unspecified atom stereocenters. The molecular weight excluding hydrogens is 280 g/mol. The first-order valence-electron chi connectivity index (χ1n) is 3.81. The molecule has 0 aliphatic rings. The average Bonchev–Trinajstić information content (AvgIpc) is 2.15. The Morgan fingerprint density at radius 2 is 1.29 bits per heavy atom. The first kappa shape index (κ1) is 16.3. The SMILES string of the molecule is O=C(O)c1cc(C(=O)O)cc(S(=O)(=O)O)c1.[CaH2]. The molecule has 0 saturated heterocycles. The van der Waals surface area contributed by atoms with Crippen LogP contribution < -0.4 is 0 Å². The van der Waals surface area contributed by atoms with Crippen molar-refractivity contribution in [2.75, 3.05) is 0 Å². The summed E-state index contributed by atoms with van der Waals surface area (Å²) >= 11 is 0. The first-order valence-corrected chi connectivity index (χ1v) is 5.25. The number of carbonyl (C=O) groups is 2. The van der Waals surface area contributed by atoms with Gasteiger partial charge in [0.1, 0.15) is 0 Å². The Morgan fingerprint density at radius 1 is 0.941 bits per heavy atom. The van der Waals surface area contributed by atoms with E-state index in [-0.39, 0.29) is 37.7 Å². The summed E-state index contributed by atoms with van der Waals surface area (Å²) in [5.74, 6) is -2.99. The number of benzene rings is 1. The fourth-order valence-electron chi connectivity index (χ4n) is 0.995. The number of carboxylic acid groups (broad SMARTS) is 2. The van der Waals surface area contributed by atoms with Gasteiger partial charge in [-0.15, -0.1) is 0 Å². The average molecular weight is 288 g/mol. The Kier molecular flexibility index (Phi) is 5.56. The predicted octanol–water partition coefficient (Wildman–Crippen LogP) is -0.586. The molecule has 0 atom stereocenters. The summed E-state index contributed by atoms with van der Waals surface area (Å²) in [7, 11) is -4.64. The van der Waals surface area contributed by atoms with E-state index in [0.717, 1.165) is 6.07 Å². The minimum atomic E-state index is -4.64. The van der Waals surface area contributed by atoms with Crippen molar-refractivity contribution in [2.45, 2.75) is 4.90 Å². The predicted molar refractivity (Wildman–Crippen MR) is 58.7 cm³/mol. The van der Waals surface area contributed by atoms with Crippen LogP contribution in [0.3, 0.4) is 0 Å². The van der Waals surface area contributed by atoms with Crippen LogP contribution in [0.1, 0.15) is 20.7 Å². The molecule has 0 radical (unpaired) electrons. The molecular formula is C8H8CaO7S. The zero-order valence-corrected chi connectivity index (χ0v) is 8.43. The van der Waals surface area contributed by atoms with Crippen LogP contribution in [0.25, 0.3) is 0 Å². The van der Waals surface area contributed by atoms with Gasteiger partial charge in [-0.05, 0) is 18.2 Å². The van der Waals surface area contributed by atoms with Crippen LogP contribution in [0.15, 0.2) is 23.1 Å². The molecule has 0 aliphatic carbocycles. The van der Waals surface area contributed by atoms with Gasteiger partial charge in [-0.3, -0.25) is 4.55 Å². The molecule has 0 spiro atoms. The number of hydrogen-bond donors (Lipinski definition) is 3. The third-order valence-electron chi connectivity index (χ3n) is 1.70. The number of carboxylic acids is 2. The zero-order valence-electron chi connectivity index (χ0n) is 7.61. The summed E-state index contributed by atoms with van der Waals surface area (Å²) in [5.41, 5.74) is -1.07. The van der Waals surface area contributed by atoms with Crippen molar-refractivity contribution in [3.63, 3.8) is 0 Å². The molecule has 17 heavy (non-hydrogen) atoms. The quantitative estimate of drug-likeness (QED) is 0.501. The summed E-state index contributed by atoms with van der Waals surface area (Å²) in [6.45, 7) is 0. The third-order valence-corrected chi connectivity index (χ3v) is 2.53. The first-order chi connectivity index (χ1) is 7.21. The summed E-state index contributed by atoms with van der Waals surface area (Å²) in [5, 5.41) is 17.2. The molecule has 9 heteroatoms. The van der Waals surface area contributed by atoms with Crippen LogP contribution in [0, 0.1) is 0 Å². The van der Waals surface area contributed by atoms with E-state index in [1.807, 2.05) is 0 Å². The van der Waals surface area contributed by atoms with E-state index in [4.69, 9.17) is 14.8 Å². The van der Waals surface area contributed by atoms with E-state index in [1.165, 1.54) is 0 Å². The van der Waals surface area contributed by atoms with Gasteiger partial charge in [0.05, 0.1) is 16.0 Å². The molecule has 0 aliphatic heterocycles. The van der Waals surface area contributed by atoms with Crippen LogP contribution in [-0.4, -0.2) is 72.9 Å². The van der Waals surface area contributed by atoms with Gasteiger partial charge in [0.15, 0.2) is 0 Å². The standard InChI is InChI=1S/C8H6O7S.Ca.2H/c9-7(10)4-1-5(8(11)12)3-6(2-4)16(13,14)15;;;/h1-3H,(H,9,10)(H,11,12)(H,13,14,15);;;. The second kappa shape index (κ2) is 5.78. The summed E-state index contributed by atoms with van der Waals surface area (Å²) in [6.07, 6.45) is 0. The number of rotatable bonds is 3. The van der Waals surface area contributed by atoms with Gasteiger partial charge in [0.25, 0.3) is 10.1 Å². The minimum absolute atomic E-state index is 0. The molecule has 0 saturated carbocycles. The third kappa shape index (κ3) is 4.25. The number of hydrogen-bond acceptors (Lipinski definition) is 4. The van der Waals surface area contributed by atoms with Crippen LogP contribution in [-0.2, 0) is 10.1 Å². The van der Waals surface area contributed by atoms with E-state index < -0.39 is 38.1 Å². The molecule has 7 nitrogen and oxygen atoms in total. The van der Waals surface area contributed by atoms with Crippen LogP contribution >= 0.6 is 0 Å². The fraction of sp³-hybridized carbons (Fsp3) is 0. The van der Waals surface area contributed by atoms with Crippen molar-refractivity contribution in [3.8, 4) is 0 Å². The van der Waals surface area contributed by atoms with E-state index in [0.29, 0.717) is 12.1 Å². The molecule has 0 amide bonds. The summed E-state index contributed by atoms with van der Waals surface area (Å²) in [6, 6.07) is 2.13. The van der Waals surface area contributed by atoms with Crippen LogP contribution in [0.2, 0.25) is 0 Å². The van der Waals surface area contributed by atoms with Gasteiger partial charge in [0, 0.05) is 0 Å². The van der Waals surface area contributed by atoms with Crippen molar-refractivity contribution in [1.29, 1.82) is 0 Å². The maximum atomic E-state index is 10.8. The van der Waals surface area contributed by atoms with Gasteiger partial charge in [-0.25, -0.2) is 9.59 Å². The van der Waals surface area contributed by atoms with Crippen molar-refractivity contribution >= 4 is 59.8 Å². The molecule has 0 aromatic heterocycles. The van der Waals surface area contributed by atoms with E-state index in [1.54, 1.807) is 0 Å². The second-order valence-corrected chi connectivity index (χ2v) is 4.25. The molecule has 0 heterocycles. The van der Waals surface area contributed by atoms with Crippen molar-refractivity contribution in [1.82, 2.24) is 0 Å². The van der Waals surface area contributed by atoms with Crippen LogP contribution in [0.4, 0.5) is 0 Å². The Hall–Kier alpha value is -0.670. The van der Waals surface area contributed by atoms with E-state index >= 15 is 0 Å². The molecule has 0 fully saturated rings. The van der Waals surface area contributed by atoms with Gasteiger partial charge in [0.2, 0.25) is 0 Å². The molecule has 1 aromatic carbocycles. The summed E-state index contributed by atoms with van der Waals surface area (Å²) < 4.78 is 30.2. The molecule has 1 aromatic rings. The van der Waals surface area contributed by atoms with E-state index in [9.17, 15) is 18.0 Å². The van der Waals surface area contributed by atoms with Crippen molar-refractivity contribution in [3.05, 3.63) is 29.3 Å². The normalized spacial score (nSPS) is 10.4. The zero-order chi connectivity index (χ0) is 12.5. The summed E-state index contributed by atoms with van der Waals surface area (Å²) in [4.78, 5) is 20.4. The topological polar surface area (TPSA) is 129 Å². The van der Waals surface area contributed by atoms with E-state index in [2.05, 4.69) is 0 Å². The molecule has 90 valence electrons. The Labute approximate surface area is 126 Å². The fourth-order valence-corrected chi connectivity index (χ4v) is 1.55. The van der Waals surface area contributed by atoms with Gasteiger partial charge >= 0.3 is 49.7 Å². The van der Waals surface area contributed by atoms with Gasteiger partial charge in [-0.1, -0.05) is 0 Å². The Balaban J connectivity index is 0.00000256. The molecule has 0 bridgehead atoms. The number of aromatic carboxylic acids is 2. The van der Waals surface area contributed by atoms with Crippen molar-refractivity contribution < 1.29 is 32.8 Å². The van der Waals surface area contributed by atoms with Crippen LogP contribution in [0.5, 0.6) is 0 Å². The Bertz CT molecular complexity index is 531. The molecule has 1 rings (SSSR count). The monoisotopic (exact) mass is 288 g/mol. The Morgan fingerprint density at radius 3 is 1.53 bits per heavy atom.